The average molecular weight is 264 g/mol. The van der Waals surface area contributed by atoms with Crippen LogP contribution in [0.25, 0.3) is 0 Å². The molecule has 0 aliphatic carbocycles. The van der Waals surface area contributed by atoms with Gasteiger partial charge in [-0.05, 0) is 36.1 Å². The van der Waals surface area contributed by atoms with E-state index in [9.17, 15) is 0 Å². The predicted octanol–water partition coefficient (Wildman–Crippen LogP) is 3.65. The first kappa shape index (κ1) is 11.8. The fourth-order valence-electron chi connectivity index (χ4n) is 3.27. The molecule has 0 bridgehead atoms. The van der Waals surface area contributed by atoms with E-state index in [0.29, 0.717) is 5.92 Å². The quantitative estimate of drug-likeness (QED) is 0.890. The van der Waals surface area contributed by atoms with Gasteiger partial charge in [0, 0.05) is 36.9 Å². The van der Waals surface area contributed by atoms with Gasteiger partial charge in [-0.15, -0.1) is 0 Å². The number of hydrogen-bond donors (Lipinski definition) is 1. The molecule has 2 heteroatoms. The second-order valence-corrected chi connectivity index (χ2v) is 5.88. The summed E-state index contributed by atoms with van der Waals surface area (Å²) in [6.45, 7) is 3.40. The second-order valence-electron chi connectivity index (χ2n) is 5.88. The van der Waals surface area contributed by atoms with Crippen molar-refractivity contribution in [1.29, 1.82) is 0 Å². The van der Waals surface area contributed by atoms with Crippen molar-refractivity contribution in [3.8, 4) is 0 Å². The zero-order valence-electron chi connectivity index (χ0n) is 11.7. The Kier molecular flexibility index (Phi) is 2.87. The summed E-state index contributed by atoms with van der Waals surface area (Å²) in [5, 5.41) is 3.52. The predicted molar refractivity (Wildman–Crippen MR) is 84.6 cm³/mol. The van der Waals surface area contributed by atoms with Crippen molar-refractivity contribution in [1.82, 2.24) is 0 Å². The van der Waals surface area contributed by atoms with Crippen molar-refractivity contribution in [2.24, 2.45) is 0 Å². The van der Waals surface area contributed by atoms with Crippen LogP contribution in [0.2, 0.25) is 0 Å². The van der Waals surface area contributed by atoms with E-state index in [2.05, 4.69) is 58.7 Å². The number of benzene rings is 2. The summed E-state index contributed by atoms with van der Waals surface area (Å²) in [5.74, 6) is 0.695. The van der Waals surface area contributed by atoms with Gasteiger partial charge in [-0.2, -0.15) is 0 Å². The lowest BCUT2D eigenvalue weighted by molar-refractivity contribution is 0.525. The minimum atomic E-state index is 0.695. The number of nitrogens with one attached hydrogen (secondary N) is 1. The zero-order valence-corrected chi connectivity index (χ0v) is 11.7. The van der Waals surface area contributed by atoms with Gasteiger partial charge < -0.3 is 10.2 Å². The van der Waals surface area contributed by atoms with Crippen molar-refractivity contribution < 1.29 is 0 Å². The van der Waals surface area contributed by atoms with Gasteiger partial charge in [0.15, 0.2) is 0 Å². The Morgan fingerprint density at radius 3 is 2.70 bits per heavy atom. The first-order valence-corrected chi connectivity index (χ1v) is 7.57. The number of hydrogen-bond acceptors (Lipinski definition) is 2. The molecule has 1 fully saturated rings. The number of nitrogens with zero attached hydrogens (tertiary/aromatic N) is 1. The van der Waals surface area contributed by atoms with E-state index in [-0.39, 0.29) is 0 Å². The van der Waals surface area contributed by atoms with Crippen LogP contribution in [0.4, 0.5) is 11.4 Å². The van der Waals surface area contributed by atoms with Gasteiger partial charge in [-0.25, -0.2) is 0 Å². The molecule has 0 amide bonds. The van der Waals surface area contributed by atoms with Crippen molar-refractivity contribution in [2.75, 3.05) is 29.9 Å². The van der Waals surface area contributed by atoms with Crippen LogP contribution in [-0.4, -0.2) is 19.6 Å². The minimum absolute atomic E-state index is 0.695. The summed E-state index contributed by atoms with van der Waals surface area (Å²) >= 11 is 0. The van der Waals surface area contributed by atoms with Gasteiger partial charge in [0.2, 0.25) is 0 Å². The molecular weight excluding hydrogens is 244 g/mol. The van der Waals surface area contributed by atoms with E-state index in [1.54, 1.807) is 0 Å². The maximum Gasteiger partial charge on any atom is 0.0393 e. The molecule has 0 atom stereocenters. The summed E-state index contributed by atoms with van der Waals surface area (Å²) in [7, 11) is 0. The Bertz CT molecular complexity index is 600. The van der Waals surface area contributed by atoms with Crippen LogP contribution >= 0.6 is 0 Å². The molecule has 0 aromatic heterocycles. The molecule has 0 radical (unpaired) electrons. The third-order valence-electron chi connectivity index (χ3n) is 4.55. The van der Waals surface area contributed by atoms with Crippen molar-refractivity contribution >= 4 is 11.4 Å². The Balaban J connectivity index is 1.48. The molecule has 2 aliphatic heterocycles. The topological polar surface area (TPSA) is 15.3 Å². The van der Waals surface area contributed by atoms with Crippen LogP contribution in [0.1, 0.15) is 23.5 Å². The smallest absolute Gasteiger partial charge is 0.0393 e. The Hall–Kier alpha value is -1.96. The number of anilines is 2. The summed E-state index contributed by atoms with van der Waals surface area (Å²) in [5.41, 5.74) is 5.65. The first-order chi connectivity index (χ1) is 9.90. The summed E-state index contributed by atoms with van der Waals surface area (Å²) in [6.07, 6.45) is 2.47. The van der Waals surface area contributed by atoms with Crippen molar-refractivity contribution in [3.63, 3.8) is 0 Å². The maximum absolute atomic E-state index is 3.52. The lowest BCUT2D eigenvalue weighted by Crippen LogP contribution is -2.45. The van der Waals surface area contributed by atoms with Crippen LogP contribution < -0.4 is 10.2 Å². The molecule has 1 saturated heterocycles. The van der Waals surface area contributed by atoms with Crippen molar-refractivity contribution in [2.45, 2.75) is 18.8 Å². The van der Waals surface area contributed by atoms with Crippen molar-refractivity contribution in [3.05, 3.63) is 59.7 Å². The largest absolute Gasteiger partial charge is 0.385 e. The molecule has 0 unspecified atom stereocenters. The van der Waals surface area contributed by atoms with E-state index >= 15 is 0 Å². The monoisotopic (exact) mass is 264 g/mol. The third-order valence-corrected chi connectivity index (χ3v) is 4.55. The van der Waals surface area contributed by atoms with Crippen LogP contribution in [0.15, 0.2) is 48.5 Å². The highest BCUT2D eigenvalue weighted by Crippen LogP contribution is 2.34. The molecule has 4 rings (SSSR count). The molecule has 102 valence electrons. The number of rotatable bonds is 2. The molecule has 0 spiro atoms. The van der Waals surface area contributed by atoms with Gasteiger partial charge in [-0.3, -0.25) is 0 Å². The fraction of sp³-hybridized carbons (Fsp3) is 0.333. The highest BCUT2D eigenvalue weighted by molar-refractivity contribution is 5.64. The molecule has 2 aromatic carbocycles. The zero-order chi connectivity index (χ0) is 13.4. The maximum atomic E-state index is 3.52. The molecule has 20 heavy (non-hydrogen) atoms. The molecule has 2 aliphatic rings. The fourth-order valence-corrected chi connectivity index (χ4v) is 3.27. The lowest BCUT2D eigenvalue weighted by atomic mass is 9.90. The first-order valence-electron chi connectivity index (χ1n) is 7.57. The van der Waals surface area contributed by atoms with Gasteiger partial charge in [0.25, 0.3) is 0 Å². The molecule has 2 heterocycles. The van der Waals surface area contributed by atoms with Crippen LogP contribution in [0.3, 0.4) is 0 Å². The highest BCUT2D eigenvalue weighted by Gasteiger charge is 2.28. The van der Waals surface area contributed by atoms with E-state index < -0.39 is 0 Å². The summed E-state index contributed by atoms with van der Waals surface area (Å²) in [6, 6.07) is 17.8. The van der Waals surface area contributed by atoms with E-state index in [0.717, 1.165) is 19.6 Å². The highest BCUT2D eigenvalue weighted by atomic mass is 15.2. The second kappa shape index (κ2) is 4.86. The van der Waals surface area contributed by atoms with Crippen LogP contribution in [0, 0.1) is 0 Å². The van der Waals surface area contributed by atoms with E-state index in [1.807, 2.05) is 0 Å². The van der Waals surface area contributed by atoms with Gasteiger partial charge >= 0.3 is 0 Å². The molecular formula is C18H20N2. The summed E-state index contributed by atoms with van der Waals surface area (Å²) in [4.78, 5) is 2.48. The van der Waals surface area contributed by atoms with Crippen LogP contribution in [-0.2, 0) is 6.42 Å². The van der Waals surface area contributed by atoms with Gasteiger partial charge in [0.05, 0.1) is 0 Å². The van der Waals surface area contributed by atoms with E-state index in [4.69, 9.17) is 0 Å². The summed E-state index contributed by atoms with van der Waals surface area (Å²) < 4.78 is 0. The van der Waals surface area contributed by atoms with Gasteiger partial charge in [0.1, 0.15) is 0 Å². The third kappa shape index (κ3) is 2.05. The normalized spacial score (nSPS) is 18.1. The minimum Gasteiger partial charge on any atom is -0.385 e. The Morgan fingerprint density at radius 1 is 1.00 bits per heavy atom. The number of fused-ring (bicyclic) bond motifs is 1. The molecule has 2 aromatic rings. The Morgan fingerprint density at radius 2 is 1.85 bits per heavy atom. The number of aryl methyl sites for hydroxylation is 1. The Labute approximate surface area is 120 Å². The lowest BCUT2D eigenvalue weighted by Gasteiger charge is -2.41. The average Bonchev–Trinajstić information content (AvgIpc) is 2.47. The SMILES string of the molecule is c1ccc(C2CN(c3ccc4c(c3)NCCC4)C2)cc1. The molecule has 1 N–H and O–H groups in total. The molecule has 0 saturated carbocycles. The molecule has 2 nitrogen and oxygen atoms in total. The standard InChI is InChI=1S/C18H20N2/c1-2-5-14(6-3-1)16-12-20(13-16)17-9-8-15-7-4-10-19-18(15)11-17/h1-3,5-6,8-9,11,16,19H,4,7,10,12-13H2. The van der Waals surface area contributed by atoms with E-state index in [1.165, 1.54) is 35.3 Å². The van der Waals surface area contributed by atoms with Gasteiger partial charge in [-0.1, -0.05) is 36.4 Å². The van der Waals surface area contributed by atoms with Crippen LogP contribution in [0.5, 0.6) is 0 Å².